The Kier molecular flexibility index (Phi) is 1.85. The summed E-state index contributed by atoms with van der Waals surface area (Å²) in [5.41, 5.74) is 0. The van der Waals surface area contributed by atoms with Crippen molar-refractivity contribution in [3.63, 3.8) is 0 Å². The predicted octanol–water partition coefficient (Wildman–Crippen LogP) is 2.39. The van der Waals surface area contributed by atoms with Gasteiger partial charge in [0.1, 0.15) is 0 Å². The van der Waals surface area contributed by atoms with Gasteiger partial charge in [-0.1, -0.05) is 0 Å². The second-order valence-corrected chi connectivity index (χ2v) is 9.25. The van der Waals surface area contributed by atoms with E-state index in [0.717, 1.165) is 5.75 Å². The van der Waals surface area contributed by atoms with Crippen LogP contribution in [0.2, 0.25) is 0 Å². The van der Waals surface area contributed by atoms with Gasteiger partial charge in [-0.15, -0.1) is 0 Å². The van der Waals surface area contributed by atoms with Crippen molar-refractivity contribution in [2.24, 2.45) is 0 Å². The van der Waals surface area contributed by atoms with Crippen LogP contribution in [0.5, 0.6) is 5.75 Å². The Morgan fingerprint density at radius 1 is 1.40 bits per heavy atom. The van der Waals surface area contributed by atoms with Crippen LogP contribution >= 0.6 is 20.0 Å². The predicted molar refractivity (Wildman–Crippen MR) is 44.5 cm³/mol. The summed E-state index contributed by atoms with van der Waals surface area (Å²) in [6.07, 6.45) is 0. The van der Waals surface area contributed by atoms with Crippen molar-refractivity contribution in [2.75, 3.05) is 0 Å². The van der Waals surface area contributed by atoms with Crippen LogP contribution in [0.15, 0.2) is 29.2 Å². The fourth-order valence-electron chi connectivity index (χ4n) is 0.774. The molecule has 1 heterocycles. The summed E-state index contributed by atoms with van der Waals surface area (Å²) >= 11 is -1.51. The second kappa shape index (κ2) is 2.69. The SMILES string of the molecule is Cl[As]1Oc2ccccc2S1. The van der Waals surface area contributed by atoms with Gasteiger partial charge in [0.2, 0.25) is 0 Å². The van der Waals surface area contributed by atoms with Crippen LogP contribution in [-0.4, -0.2) is 12.9 Å². The molecule has 1 nitrogen and oxygen atoms in total. The number of fused-ring (bicyclic) bond motifs is 1. The summed E-state index contributed by atoms with van der Waals surface area (Å²) in [5.74, 6) is 0.961. The van der Waals surface area contributed by atoms with Crippen molar-refractivity contribution in [1.29, 1.82) is 0 Å². The molecule has 0 N–H and O–H groups in total. The molecule has 4 heteroatoms. The van der Waals surface area contributed by atoms with Gasteiger partial charge in [-0.05, 0) is 0 Å². The van der Waals surface area contributed by atoms with Crippen molar-refractivity contribution in [2.45, 2.75) is 4.90 Å². The molecule has 1 aromatic carbocycles. The Hall–Kier alpha value is 0.218. The molecule has 0 amide bonds. The first-order chi connectivity index (χ1) is 4.86. The minimum absolute atomic E-state index is 0.961. The van der Waals surface area contributed by atoms with Crippen molar-refractivity contribution >= 4 is 32.9 Å². The number of rotatable bonds is 0. The van der Waals surface area contributed by atoms with Crippen LogP contribution in [-0.2, 0) is 0 Å². The van der Waals surface area contributed by atoms with E-state index in [0.29, 0.717) is 0 Å². The summed E-state index contributed by atoms with van der Waals surface area (Å²) in [4.78, 5) is 1.19. The molecule has 52 valence electrons. The van der Waals surface area contributed by atoms with Gasteiger partial charge in [0.15, 0.2) is 0 Å². The summed E-state index contributed by atoms with van der Waals surface area (Å²) in [6.45, 7) is 0. The van der Waals surface area contributed by atoms with E-state index in [1.54, 1.807) is 10.0 Å². The Bertz CT molecular complexity index is 230. The summed E-state index contributed by atoms with van der Waals surface area (Å²) < 4.78 is 5.38. The van der Waals surface area contributed by atoms with Crippen LogP contribution in [0, 0.1) is 0 Å². The molecular formula is C6H4AsClOS. The van der Waals surface area contributed by atoms with E-state index in [-0.39, 0.29) is 0 Å². The fourth-order valence-corrected chi connectivity index (χ4v) is 6.22. The summed E-state index contributed by atoms with van der Waals surface area (Å²) in [5, 5.41) is 0. The fraction of sp³-hybridized carbons (Fsp3) is 0. The minimum atomic E-state index is -1.51. The normalized spacial score (nSPS) is 21.9. The molecule has 1 unspecified atom stereocenters. The van der Waals surface area contributed by atoms with Crippen LogP contribution in [0.4, 0.5) is 0 Å². The average molecular weight is 235 g/mol. The first kappa shape index (κ1) is 6.90. The molecular weight excluding hydrogens is 231 g/mol. The molecule has 1 aromatic rings. The Balaban J connectivity index is 2.42. The monoisotopic (exact) mass is 234 g/mol. The molecule has 0 aliphatic carbocycles. The van der Waals surface area contributed by atoms with E-state index in [2.05, 4.69) is 0 Å². The third kappa shape index (κ3) is 1.16. The molecule has 10 heavy (non-hydrogen) atoms. The van der Waals surface area contributed by atoms with Gasteiger partial charge in [0, 0.05) is 0 Å². The quantitative estimate of drug-likeness (QED) is 0.638. The molecule has 0 fully saturated rings. The molecule has 1 aliphatic rings. The van der Waals surface area contributed by atoms with Crippen LogP contribution in [0.3, 0.4) is 0 Å². The zero-order valence-corrected chi connectivity index (χ0v) is 8.40. The van der Waals surface area contributed by atoms with Gasteiger partial charge < -0.3 is 0 Å². The van der Waals surface area contributed by atoms with Gasteiger partial charge in [-0.2, -0.15) is 0 Å². The maximum absolute atomic E-state index is 5.86. The number of benzene rings is 1. The van der Waals surface area contributed by atoms with Crippen LogP contribution < -0.4 is 3.73 Å². The molecule has 1 atom stereocenters. The van der Waals surface area contributed by atoms with Gasteiger partial charge in [-0.3, -0.25) is 0 Å². The molecule has 0 aromatic heterocycles. The standard InChI is InChI=1S/C6H4AsClOS/c8-7-9-5-3-1-2-4-6(5)10-7/h1-4H. The molecule has 2 rings (SSSR count). The molecule has 0 saturated heterocycles. The Labute approximate surface area is 71.5 Å². The molecule has 0 radical (unpaired) electrons. The molecule has 0 saturated carbocycles. The summed E-state index contributed by atoms with van der Waals surface area (Å²) in [6, 6.07) is 7.96. The third-order valence-corrected chi connectivity index (χ3v) is 6.54. The Morgan fingerprint density at radius 3 is 3.00 bits per heavy atom. The van der Waals surface area contributed by atoms with E-state index in [1.807, 2.05) is 24.3 Å². The van der Waals surface area contributed by atoms with E-state index in [1.165, 1.54) is 4.90 Å². The number of para-hydroxylation sites is 1. The van der Waals surface area contributed by atoms with E-state index >= 15 is 0 Å². The average Bonchev–Trinajstić information content (AvgIpc) is 2.27. The first-order valence-electron chi connectivity index (χ1n) is 2.77. The van der Waals surface area contributed by atoms with Crippen molar-refractivity contribution < 1.29 is 3.73 Å². The molecule has 1 aliphatic heterocycles. The topological polar surface area (TPSA) is 9.23 Å². The first-order valence-corrected chi connectivity index (χ1v) is 9.07. The van der Waals surface area contributed by atoms with Gasteiger partial charge in [-0.25, -0.2) is 0 Å². The Morgan fingerprint density at radius 2 is 2.20 bits per heavy atom. The van der Waals surface area contributed by atoms with Gasteiger partial charge >= 0.3 is 71.5 Å². The maximum atomic E-state index is 5.86. The van der Waals surface area contributed by atoms with Crippen LogP contribution in [0.25, 0.3) is 0 Å². The van der Waals surface area contributed by atoms with E-state index < -0.39 is 12.9 Å². The number of hydrogen-bond donors (Lipinski definition) is 0. The zero-order valence-electron chi connectivity index (χ0n) is 4.95. The van der Waals surface area contributed by atoms with E-state index in [4.69, 9.17) is 13.7 Å². The summed E-state index contributed by atoms with van der Waals surface area (Å²) in [7, 11) is 7.54. The van der Waals surface area contributed by atoms with Crippen LogP contribution in [0.1, 0.15) is 0 Å². The van der Waals surface area contributed by atoms with Gasteiger partial charge in [0.05, 0.1) is 0 Å². The molecule has 0 spiro atoms. The zero-order chi connectivity index (χ0) is 6.97. The second-order valence-electron chi connectivity index (χ2n) is 1.84. The van der Waals surface area contributed by atoms with Crippen molar-refractivity contribution in [3.8, 4) is 5.75 Å². The van der Waals surface area contributed by atoms with Crippen molar-refractivity contribution in [3.05, 3.63) is 24.3 Å². The van der Waals surface area contributed by atoms with E-state index in [9.17, 15) is 0 Å². The molecule has 0 bridgehead atoms. The third-order valence-electron chi connectivity index (χ3n) is 1.19. The van der Waals surface area contributed by atoms with Gasteiger partial charge in [0.25, 0.3) is 0 Å². The number of hydrogen-bond acceptors (Lipinski definition) is 2. The van der Waals surface area contributed by atoms with Crippen molar-refractivity contribution in [1.82, 2.24) is 0 Å². The number of halogens is 1.